The van der Waals surface area contributed by atoms with Gasteiger partial charge in [-0.05, 0) is 77.9 Å². The number of hydrogen-bond acceptors (Lipinski definition) is 8. The topological polar surface area (TPSA) is 174 Å². The van der Waals surface area contributed by atoms with Gasteiger partial charge in [0.1, 0.15) is 16.4 Å². The molecule has 0 fully saturated rings. The van der Waals surface area contributed by atoms with Crippen molar-refractivity contribution >= 4 is 45.2 Å². The summed E-state index contributed by atoms with van der Waals surface area (Å²) in [5.74, 6) is -1.63. The molecule has 0 saturated heterocycles. The number of nitrogens with two attached hydrogens (primary N) is 1. The van der Waals surface area contributed by atoms with Crippen molar-refractivity contribution in [2.45, 2.75) is 23.9 Å². The van der Waals surface area contributed by atoms with Crippen molar-refractivity contribution < 1.29 is 50.0 Å². The molecule has 45 heavy (non-hydrogen) atoms. The van der Waals surface area contributed by atoms with Crippen LogP contribution in [0.5, 0.6) is 11.5 Å². The largest absolute Gasteiger partial charge is 0.481 e. The van der Waals surface area contributed by atoms with Crippen molar-refractivity contribution in [3.63, 3.8) is 0 Å². The Hall–Kier alpha value is -5.57. The fraction of sp³-hybridized carbons (Fsp3) is 0.100. The van der Waals surface area contributed by atoms with E-state index in [2.05, 4.69) is 10.6 Å². The standard InChI is InChI=1S/C30H24F3N3O8S/c31-30(32,33)20-7-12-26(25(34)17-20)36-29(40)35-21-8-10-24(11-9-21)45(41,42)44-23-6-2-4-19(14-23)16-28(39)43-22-5-1-3-18(13-22)15-27(37)38/h1-14,17H,15-16,34H2,(H,37,38)(H2,35,36,40). The Balaban J connectivity index is 1.35. The fourth-order valence-corrected chi connectivity index (χ4v) is 4.87. The molecule has 0 aliphatic carbocycles. The quantitative estimate of drug-likeness (QED) is 0.0756. The summed E-state index contributed by atoms with van der Waals surface area (Å²) in [5.41, 5.74) is 5.26. The van der Waals surface area contributed by atoms with Crippen molar-refractivity contribution in [3.05, 3.63) is 108 Å². The number of carboxylic acid groups (broad SMARTS) is 1. The van der Waals surface area contributed by atoms with E-state index in [1.807, 2.05) is 0 Å². The second-order valence-electron chi connectivity index (χ2n) is 9.46. The van der Waals surface area contributed by atoms with E-state index in [1.54, 1.807) is 18.2 Å². The smallest absolute Gasteiger partial charge is 0.416 e. The van der Waals surface area contributed by atoms with Crippen LogP contribution in [0.25, 0.3) is 0 Å². The average Bonchev–Trinajstić information content (AvgIpc) is 2.93. The summed E-state index contributed by atoms with van der Waals surface area (Å²) < 4.78 is 74.6. The summed E-state index contributed by atoms with van der Waals surface area (Å²) in [5, 5.41) is 13.7. The molecule has 4 aromatic rings. The molecular weight excluding hydrogens is 619 g/mol. The molecule has 0 bridgehead atoms. The third-order valence-corrected chi connectivity index (χ3v) is 7.23. The highest BCUT2D eigenvalue weighted by molar-refractivity contribution is 7.87. The lowest BCUT2D eigenvalue weighted by molar-refractivity contribution is -0.138. The summed E-state index contributed by atoms with van der Waals surface area (Å²) in [6, 6.07) is 18.3. The summed E-state index contributed by atoms with van der Waals surface area (Å²) in [4.78, 5) is 35.4. The predicted molar refractivity (Wildman–Crippen MR) is 156 cm³/mol. The molecular formula is C30H24F3N3O8S. The maximum absolute atomic E-state index is 12.8. The molecule has 0 atom stereocenters. The van der Waals surface area contributed by atoms with Crippen LogP contribution >= 0.6 is 0 Å². The second-order valence-corrected chi connectivity index (χ2v) is 11.0. The minimum Gasteiger partial charge on any atom is -0.481 e. The summed E-state index contributed by atoms with van der Waals surface area (Å²) in [7, 11) is -4.34. The summed E-state index contributed by atoms with van der Waals surface area (Å²) >= 11 is 0. The minimum absolute atomic E-state index is 0.0615. The van der Waals surface area contributed by atoms with E-state index in [0.717, 1.165) is 24.3 Å². The van der Waals surface area contributed by atoms with Crippen LogP contribution in [0.2, 0.25) is 0 Å². The van der Waals surface area contributed by atoms with E-state index in [-0.39, 0.29) is 46.3 Å². The maximum atomic E-state index is 12.8. The van der Waals surface area contributed by atoms with Gasteiger partial charge in [-0.3, -0.25) is 9.59 Å². The van der Waals surface area contributed by atoms with E-state index in [0.29, 0.717) is 17.2 Å². The Kier molecular flexibility index (Phi) is 9.62. The maximum Gasteiger partial charge on any atom is 0.416 e. The number of carbonyl (C=O) groups excluding carboxylic acids is 2. The van der Waals surface area contributed by atoms with Gasteiger partial charge in [0, 0.05) is 5.69 Å². The monoisotopic (exact) mass is 643 g/mol. The van der Waals surface area contributed by atoms with Gasteiger partial charge in [-0.25, -0.2) is 4.79 Å². The first-order valence-electron chi connectivity index (χ1n) is 12.9. The number of halogens is 3. The van der Waals surface area contributed by atoms with Gasteiger partial charge in [0.05, 0.1) is 29.8 Å². The van der Waals surface area contributed by atoms with Gasteiger partial charge in [0.15, 0.2) is 0 Å². The molecule has 0 aromatic heterocycles. The van der Waals surface area contributed by atoms with Crippen LogP contribution in [0, 0.1) is 0 Å². The summed E-state index contributed by atoms with van der Waals surface area (Å²) in [6.45, 7) is 0. The van der Waals surface area contributed by atoms with Crippen molar-refractivity contribution in [1.82, 2.24) is 0 Å². The number of anilines is 3. The Morgan fingerprint density at radius 3 is 2.04 bits per heavy atom. The zero-order valence-corrected chi connectivity index (χ0v) is 23.8. The van der Waals surface area contributed by atoms with E-state index >= 15 is 0 Å². The van der Waals surface area contributed by atoms with Crippen LogP contribution in [0.4, 0.5) is 35.0 Å². The van der Waals surface area contributed by atoms with E-state index in [9.17, 15) is 36.0 Å². The highest BCUT2D eigenvalue weighted by Gasteiger charge is 2.31. The number of hydrogen-bond donors (Lipinski definition) is 4. The first-order valence-corrected chi connectivity index (χ1v) is 14.3. The first-order chi connectivity index (χ1) is 21.2. The van der Waals surface area contributed by atoms with Crippen LogP contribution in [0.3, 0.4) is 0 Å². The average molecular weight is 644 g/mol. The van der Waals surface area contributed by atoms with Crippen LogP contribution in [-0.4, -0.2) is 31.5 Å². The van der Waals surface area contributed by atoms with Gasteiger partial charge in [0.2, 0.25) is 0 Å². The van der Waals surface area contributed by atoms with Crippen molar-refractivity contribution in [2.75, 3.05) is 16.4 Å². The summed E-state index contributed by atoms with van der Waals surface area (Å²) in [6.07, 6.45) is -5.08. The van der Waals surface area contributed by atoms with Gasteiger partial charge in [-0.2, -0.15) is 21.6 Å². The number of rotatable bonds is 10. The minimum atomic E-state index is -4.60. The van der Waals surface area contributed by atoms with Crippen LogP contribution in [0.1, 0.15) is 16.7 Å². The van der Waals surface area contributed by atoms with Crippen molar-refractivity contribution in [3.8, 4) is 11.5 Å². The van der Waals surface area contributed by atoms with E-state index < -0.39 is 39.8 Å². The predicted octanol–water partition coefficient (Wildman–Crippen LogP) is 5.47. The van der Waals surface area contributed by atoms with Crippen molar-refractivity contribution in [1.29, 1.82) is 0 Å². The molecule has 5 N–H and O–H groups in total. The lowest BCUT2D eigenvalue weighted by Crippen LogP contribution is -2.20. The zero-order valence-electron chi connectivity index (χ0n) is 23.0. The number of benzene rings is 4. The molecule has 234 valence electrons. The number of urea groups is 1. The number of amides is 2. The highest BCUT2D eigenvalue weighted by Crippen LogP contribution is 2.33. The number of alkyl halides is 3. The van der Waals surface area contributed by atoms with E-state index in [4.69, 9.17) is 19.8 Å². The SMILES string of the molecule is Nc1cc(C(F)(F)F)ccc1NC(=O)Nc1ccc(S(=O)(=O)Oc2cccc(CC(=O)Oc3cccc(CC(=O)O)c3)c2)cc1. The molecule has 0 radical (unpaired) electrons. The third-order valence-electron chi connectivity index (χ3n) is 5.97. The van der Waals surface area contributed by atoms with Gasteiger partial charge < -0.3 is 30.4 Å². The Labute approximate surface area is 254 Å². The molecule has 0 spiro atoms. The van der Waals surface area contributed by atoms with Gasteiger partial charge in [-0.1, -0.05) is 24.3 Å². The molecule has 0 aliphatic heterocycles. The molecule has 4 aromatic carbocycles. The molecule has 2 amide bonds. The number of esters is 1. The number of carboxylic acids is 1. The molecule has 15 heteroatoms. The second kappa shape index (κ2) is 13.4. The molecule has 4 rings (SSSR count). The lowest BCUT2D eigenvalue weighted by Gasteiger charge is -2.13. The molecule has 0 aliphatic rings. The number of aliphatic carboxylic acids is 1. The van der Waals surface area contributed by atoms with Crippen LogP contribution < -0.4 is 25.3 Å². The number of carbonyl (C=O) groups is 3. The lowest BCUT2D eigenvalue weighted by atomic mass is 10.1. The Bertz CT molecular complexity index is 1850. The van der Waals surface area contributed by atoms with Crippen LogP contribution in [-0.2, 0) is 38.7 Å². The zero-order chi connectivity index (χ0) is 32.8. The van der Waals surface area contributed by atoms with E-state index in [1.165, 1.54) is 42.5 Å². The number of nitrogen functional groups attached to an aromatic ring is 1. The molecule has 0 heterocycles. The normalized spacial score (nSPS) is 11.4. The Morgan fingerprint density at radius 1 is 0.800 bits per heavy atom. The first kappa shape index (κ1) is 32.3. The molecule has 0 unspecified atom stereocenters. The van der Waals surface area contributed by atoms with Gasteiger partial charge in [0.25, 0.3) is 0 Å². The van der Waals surface area contributed by atoms with Gasteiger partial charge >= 0.3 is 34.3 Å². The van der Waals surface area contributed by atoms with Crippen molar-refractivity contribution in [2.24, 2.45) is 0 Å². The number of ether oxygens (including phenoxy) is 1. The fourth-order valence-electron chi connectivity index (χ4n) is 3.95. The number of nitrogens with one attached hydrogen (secondary N) is 2. The van der Waals surface area contributed by atoms with Crippen LogP contribution in [0.15, 0.2) is 95.9 Å². The third kappa shape index (κ3) is 9.21. The Morgan fingerprint density at radius 2 is 1.42 bits per heavy atom. The highest BCUT2D eigenvalue weighted by atomic mass is 32.2. The molecule has 0 saturated carbocycles. The van der Waals surface area contributed by atoms with Gasteiger partial charge in [-0.15, -0.1) is 0 Å². The molecule has 11 nitrogen and oxygen atoms in total.